The quantitative estimate of drug-likeness (QED) is 0.723. The van der Waals surface area contributed by atoms with Crippen molar-refractivity contribution < 1.29 is 5.11 Å². The van der Waals surface area contributed by atoms with Crippen LogP contribution < -0.4 is 5.73 Å². The van der Waals surface area contributed by atoms with Crippen molar-refractivity contribution in [2.45, 2.75) is 32.9 Å². The van der Waals surface area contributed by atoms with Crippen LogP contribution in [0.2, 0.25) is 0 Å². The fourth-order valence-corrected chi connectivity index (χ4v) is 2.21. The Balaban J connectivity index is 2.65. The summed E-state index contributed by atoms with van der Waals surface area (Å²) in [5.74, 6) is 0. The Kier molecular flexibility index (Phi) is 2.74. The highest BCUT2D eigenvalue weighted by Crippen LogP contribution is 2.29. The van der Waals surface area contributed by atoms with Crippen LogP contribution in [0.25, 0.3) is 10.9 Å². The van der Waals surface area contributed by atoms with Crippen LogP contribution in [0.1, 0.15) is 29.7 Å². The number of aromatic amines is 1. The van der Waals surface area contributed by atoms with E-state index in [1.165, 1.54) is 11.1 Å². The van der Waals surface area contributed by atoms with Gasteiger partial charge in [0.2, 0.25) is 0 Å². The fraction of sp³-hybridized carbons (Fsp3) is 0.385. The summed E-state index contributed by atoms with van der Waals surface area (Å²) in [6.07, 6.45) is 1.24. The number of fused-ring (bicyclic) bond motifs is 1. The van der Waals surface area contributed by atoms with Gasteiger partial charge in [0.15, 0.2) is 0 Å². The maximum absolute atomic E-state index is 10.0. The second-order valence-corrected chi connectivity index (χ2v) is 4.55. The van der Waals surface area contributed by atoms with Crippen molar-refractivity contribution in [3.05, 3.63) is 35.0 Å². The average Bonchev–Trinajstić information content (AvgIpc) is 2.59. The first-order valence-electron chi connectivity index (χ1n) is 5.52. The summed E-state index contributed by atoms with van der Waals surface area (Å²) >= 11 is 0. The molecule has 3 heteroatoms. The van der Waals surface area contributed by atoms with Crippen LogP contribution in [0.3, 0.4) is 0 Å². The van der Waals surface area contributed by atoms with E-state index >= 15 is 0 Å². The number of rotatable bonds is 2. The Morgan fingerprint density at radius 2 is 2.00 bits per heavy atom. The van der Waals surface area contributed by atoms with Crippen molar-refractivity contribution in [3.8, 4) is 0 Å². The van der Waals surface area contributed by atoms with Crippen LogP contribution in [0.5, 0.6) is 0 Å². The molecule has 2 aromatic rings. The minimum Gasteiger partial charge on any atom is -0.387 e. The molecule has 0 amide bonds. The molecule has 0 saturated heterocycles. The molecule has 1 aromatic carbocycles. The molecule has 16 heavy (non-hydrogen) atoms. The Hall–Kier alpha value is -1.32. The predicted molar refractivity (Wildman–Crippen MR) is 66.4 cm³/mol. The Morgan fingerprint density at radius 1 is 1.31 bits per heavy atom. The number of aromatic nitrogens is 1. The summed E-state index contributed by atoms with van der Waals surface area (Å²) in [4.78, 5) is 3.19. The SMILES string of the molecule is Cc1cc(C)c2c(C(O)C(C)N)c[nH]c2c1. The Bertz CT molecular complexity index is 514. The first-order valence-corrected chi connectivity index (χ1v) is 5.52. The molecule has 1 aromatic heterocycles. The zero-order valence-electron chi connectivity index (χ0n) is 9.91. The number of hydrogen-bond acceptors (Lipinski definition) is 2. The van der Waals surface area contributed by atoms with E-state index in [2.05, 4.69) is 31.0 Å². The molecular formula is C13H18N2O. The lowest BCUT2D eigenvalue weighted by molar-refractivity contribution is 0.155. The van der Waals surface area contributed by atoms with Gasteiger partial charge in [0.05, 0.1) is 6.10 Å². The van der Waals surface area contributed by atoms with Crippen LogP contribution in [-0.2, 0) is 0 Å². The second-order valence-electron chi connectivity index (χ2n) is 4.55. The minimum absolute atomic E-state index is 0.264. The third kappa shape index (κ3) is 1.72. The lowest BCUT2D eigenvalue weighted by Gasteiger charge is -2.14. The van der Waals surface area contributed by atoms with Crippen molar-refractivity contribution >= 4 is 10.9 Å². The van der Waals surface area contributed by atoms with Gasteiger partial charge in [0.1, 0.15) is 0 Å². The molecule has 2 rings (SSSR count). The van der Waals surface area contributed by atoms with Crippen molar-refractivity contribution in [1.82, 2.24) is 4.98 Å². The molecule has 4 N–H and O–H groups in total. The predicted octanol–water partition coefficient (Wildman–Crippen LogP) is 2.17. The second kappa shape index (κ2) is 3.92. The molecule has 0 spiro atoms. The summed E-state index contributed by atoms with van der Waals surface area (Å²) in [5.41, 5.74) is 10.1. The molecule has 0 aliphatic rings. The molecule has 3 nitrogen and oxygen atoms in total. The summed E-state index contributed by atoms with van der Waals surface area (Å²) < 4.78 is 0. The van der Waals surface area contributed by atoms with E-state index in [1.54, 1.807) is 0 Å². The van der Waals surface area contributed by atoms with E-state index < -0.39 is 6.10 Å². The van der Waals surface area contributed by atoms with Crippen LogP contribution in [0, 0.1) is 13.8 Å². The number of benzene rings is 1. The third-order valence-electron chi connectivity index (χ3n) is 2.97. The van der Waals surface area contributed by atoms with E-state index in [0.29, 0.717) is 0 Å². The molecule has 86 valence electrons. The molecule has 2 atom stereocenters. The highest BCUT2D eigenvalue weighted by atomic mass is 16.3. The van der Waals surface area contributed by atoms with E-state index in [-0.39, 0.29) is 6.04 Å². The van der Waals surface area contributed by atoms with Crippen molar-refractivity contribution in [2.24, 2.45) is 5.73 Å². The summed E-state index contributed by atoms with van der Waals surface area (Å²) in [6.45, 7) is 5.93. The van der Waals surface area contributed by atoms with Crippen LogP contribution in [0.15, 0.2) is 18.3 Å². The number of aliphatic hydroxyl groups is 1. The van der Waals surface area contributed by atoms with Crippen LogP contribution in [-0.4, -0.2) is 16.1 Å². The van der Waals surface area contributed by atoms with Gasteiger partial charge in [0, 0.05) is 28.7 Å². The van der Waals surface area contributed by atoms with Crippen LogP contribution in [0.4, 0.5) is 0 Å². The number of nitrogens with one attached hydrogen (secondary N) is 1. The lowest BCUT2D eigenvalue weighted by Crippen LogP contribution is -2.24. The fourth-order valence-electron chi connectivity index (χ4n) is 2.21. The third-order valence-corrected chi connectivity index (χ3v) is 2.97. The van der Waals surface area contributed by atoms with Gasteiger partial charge in [-0.15, -0.1) is 0 Å². The van der Waals surface area contributed by atoms with Crippen molar-refractivity contribution in [1.29, 1.82) is 0 Å². The lowest BCUT2D eigenvalue weighted by atomic mass is 9.99. The van der Waals surface area contributed by atoms with E-state index in [9.17, 15) is 5.11 Å². The molecule has 0 aliphatic carbocycles. The highest BCUT2D eigenvalue weighted by Gasteiger charge is 2.17. The molecule has 0 radical (unpaired) electrons. The monoisotopic (exact) mass is 218 g/mol. The first-order chi connectivity index (χ1) is 7.50. The van der Waals surface area contributed by atoms with Crippen molar-refractivity contribution in [2.75, 3.05) is 0 Å². The maximum Gasteiger partial charge on any atom is 0.0958 e. The van der Waals surface area contributed by atoms with E-state index in [1.807, 2.05) is 13.1 Å². The molecular weight excluding hydrogens is 200 g/mol. The van der Waals surface area contributed by atoms with Gasteiger partial charge in [-0.3, -0.25) is 0 Å². The summed E-state index contributed by atoms with van der Waals surface area (Å²) in [6, 6.07) is 3.94. The smallest absolute Gasteiger partial charge is 0.0958 e. The molecule has 1 heterocycles. The summed E-state index contributed by atoms with van der Waals surface area (Å²) in [7, 11) is 0. The van der Waals surface area contributed by atoms with Gasteiger partial charge in [-0.05, 0) is 38.0 Å². The molecule has 0 saturated carbocycles. The molecule has 0 bridgehead atoms. The topological polar surface area (TPSA) is 62.0 Å². The largest absolute Gasteiger partial charge is 0.387 e. The number of aliphatic hydroxyl groups excluding tert-OH is 1. The number of aryl methyl sites for hydroxylation is 2. The zero-order chi connectivity index (χ0) is 11.9. The van der Waals surface area contributed by atoms with Crippen LogP contribution >= 0.6 is 0 Å². The van der Waals surface area contributed by atoms with Gasteiger partial charge in [-0.1, -0.05) is 6.07 Å². The molecule has 0 fully saturated rings. The summed E-state index contributed by atoms with van der Waals surface area (Å²) in [5, 5.41) is 11.1. The van der Waals surface area contributed by atoms with E-state index in [0.717, 1.165) is 16.5 Å². The minimum atomic E-state index is -0.616. The Morgan fingerprint density at radius 3 is 2.62 bits per heavy atom. The van der Waals surface area contributed by atoms with Crippen molar-refractivity contribution in [3.63, 3.8) is 0 Å². The van der Waals surface area contributed by atoms with Gasteiger partial charge in [-0.2, -0.15) is 0 Å². The maximum atomic E-state index is 10.0. The van der Waals surface area contributed by atoms with Gasteiger partial charge in [0.25, 0.3) is 0 Å². The van der Waals surface area contributed by atoms with Gasteiger partial charge in [-0.25, -0.2) is 0 Å². The van der Waals surface area contributed by atoms with Gasteiger partial charge >= 0.3 is 0 Å². The van der Waals surface area contributed by atoms with E-state index in [4.69, 9.17) is 5.73 Å². The van der Waals surface area contributed by atoms with Gasteiger partial charge < -0.3 is 15.8 Å². The highest BCUT2D eigenvalue weighted by molar-refractivity contribution is 5.87. The molecule has 0 aliphatic heterocycles. The number of hydrogen-bond donors (Lipinski definition) is 3. The Labute approximate surface area is 95.3 Å². The normalized spacial score (nSPS) is 15.3. The zero-order valence-corrected chi connectivity index (χ0v) is 9.91. The average molecular weight is 218 g/mol. The standard InChI is InChI=1S/C13H18N2O/c1-7-4-8(2)12-10(13(16)9(3)14)6-15-11(12)5-7/h4-6,9,13,15-16H,14H2,1-3H3. The first kappa shape index (κ1) is 11.2. The number of H-pyrrole nitrogens is 1. The molecule has 2 unspecified atom stereocenters. The number of nitrogens with two attached hydrogens (primary N) is 1.